The summed E-state index contributed by atoms with van der Waals surface area (Å²) < 4.78 is 8.25. The molecule has 0 unspecified atom stereocenters. The summed E-state index contributed by atoms with van der Waals surface area (Å²) >= 11 is 0. The van der Waals surface area contributed by atoms with E-state index in [1.807, 2.05) is 0 Å². The average Bonchev–Trinajstić information content (AvgIpc) is 3.31. The Morgan fingerprint density at radius 1 is 0.889 bits per heavy atom. The first-order valence-corrected chi connectivity index (χ1v) is 8.75. The molecule has 0 spiro atoms. The van der Waals surface area contributed by atoms with Crippen molar-refractivity contribution >= 4 is 22.8 Å². The third-order valence-corrected chi connectivity index (χ3v) is 5.10. The minimum absolute atomic E-state index is 0.0988. The highest BCUT2D eigenvalue weighted by molar-refractivity contribution is 5.98. The summed E-state index contributed by atoms with van der Waals surface area (Å²) in [7, 11) is 3.40. The van der Waals surface area contributed by atoms with Gasteiger partial charge in [0.15, 0.2) is 5.76 Å². The highest BCUT2D eigenvalue weighted by Gasteiger charge is 2.27. The maximum absolute atomic E-state index is 12.9. The van der Waals surface area contributed by atoms with Crippen LogP contribution in [0.2, 0.25) is 0 Å². The zero-order valence-electron chi connectivity index (χ0n) is 15.2. The van der Waals surface area contributed by atoms with Crippen molar-refractivity contribution in [3.63, 3.8) is 0 Å². The lowest BCUT2D eigenvalue weighted by Gasteiger charge is -2.34. The van der Waals surface area contributed by atoms with Gasteiger partial charge in [-0.25, -0.2) is 4.79 Å². The zero-order chi connectivity index (χ0) is 19.1. The van der Waals surface area contributed by atoms with Crippen LogP contribution >= 0.6 is 0 Å². The second kappa shape index (κ2) is 6.46. The molecule has 4 rings (SSSR count). The Morgan fingerprint density at radius 3 is 2.15 bits per heavy atom. The highest BCUT2D eigenvalue weighted by Crippen LogP contribution is 2.17. The Labute approximate surface area is 155 Å². The van der Waals surface area contributed by atoms with Crippen LogP contribution in [0.25, 0.3) is 11.0 Å². The van der Waals surface area contributed by atoms with Crippen LogP contribution in [-0.4, -0.2) is 56.9 Å². The number of hydrogen-bond donors (Lipinski definition) is 0. The van der Waals surface area contributed by atoms with Crippen LogP contribution in [-0.2, 0) is 14.1 Å². The van der Waals surface area contributed by atoms with Crippen molar-refractivity contribution in [2.75, 3.05) is 26.2 Å². The Hall–Kier alpha value is -3.29. The second-order valence-electron chi connectivity index (χ2n) is 6.67. The first-order valence-electron chi connectivity index (χ1n) is 8.75. The van der Waals surface area contributed by atoms with Crippen LogP contribution in [0.5, 0.6) is 0 Å². The standard InChI is InChI=1S/C19H20N4O4/c1-20-14-6-5-13(12-15(14)21(2)19(20)26)17(24)22-7-9-23(10-8-22)18(25)16-4-3-11-27-16/h3-6,11-12H,7-10H2,1-2H3. The molecule has 8 heteroatoms. The summed E-state index contributed by atoms with van der Waals surface area (Å²) in [5.41, 5.74) is 1.92. The molecule has 0 atom stereocenters. The fourth-order valence-corrected chi connectivity index (χ4v) is 3.49. The predicted molar refractivity (Wildman–Crippen MR) is 98.7 cm³/mol. The van der Waals surface area contributed by atoms with Gasteiger partial charge in [-0.15, -0.1) is 0 Å². The molecule has 140 valence electrons. The molecular formula is C19H20N4O4. The lowest BCUT2D eigenvalue weighted by molar-refractivity contribution is 0.0518. The molecular weight excluding hydrogens is 348 g/mol. The molecule has 27 heavy (non-hydrogen) atoms. The number of amides is 2. The maximum atomic E-state index is 12.9. The Bertz CT molecular complexity index is 1070. The van der Waals surface area contributed by atoms with Gasteiger partial charge in [0.05, 0.1) is 17.3 Å². The first-order chi connectivity index (χ1) is 13.0. The molecule has 0 aliphatic carbocycles. The van der Waals surface area contributed by atoms with Gasteiger partial charge >= 0.3 is 5.69 Å². The van der Waals surface area contributed by atoms with E-state index in [2.05, 4.69) is 0 Å². The molecule has 8 nitrogen and oxygen atoms in total. The van der Waals surface area contributed by atoms with Gasteiger partial charge in [-0.2, -0.15) is 0 Å². The van der Waals surface area contributed by atoms with Crippen LogP contribution in [0, 0.1) is 0 Å². The van der Waals surface area contributed by atoms with Crippen molar-refractivity contribution in [3.8, 4) is 0 Å². The number of imidazole rings is 1. The molecule has 0 N–H and O–H groups in total. The summed E-state index contributed by atoms with van der Waals surface area (Å²) in [6.45, 7) is 1.82. The number of aryl methyl sites for hydroxylation is 2. The van der Waals surface area contributed by atoms with Crippen LogP contribution in [0.3, 0.4) is 0 Å². The maximum Gasteiger partial charge on any atom is 0.328 e. The van der Waals surface area contributed by atoms with E-state index in [1.165, 1.54) is 10.8 Å². The zero-order valence-corrected chi connectivity index (χ0v) is 15.2. The summed E-state index contributed by atoms with van der Waals surface area (Å²) in [4.78, 5) is 40.7. The molecule has 3 aromatic rings. The lowest BCUT2D eigenvalue weighted by atomic mass is 10.1. The van der Waals surface area contributed by atoms with E-state index in [-0.39, 0.29) is 17.5 Å². The van der Waals surface area contributed by atoms with Gasteiger partial charge in [-0.3, -0.25) is 18.7 Å². The van der Waals surface area contributed by atoms with E-state index < -0.39 is 0 Å². The third kappa shape index (κ3) is 2.83. The fourth-order valence-electron chi connectivity index (χ4n) is 3.49. The number of carbonyl (C=O) groups excluding carboxylic acids is 2. The van der Waals surface area contributed by atoms with Crippen molar-refractivity contribution < 1.29 is 14.0 Å². The fraction of sp³-hybridized carbons (Fsp3) is 0.316. The molecule has 0 radical (unpaired) electrons. The van der Waals surface area contributed by atoms with Gasteiger partial charge in [0.1, 0.15) is 0 Å². The number of carbonyl (C=O) groups is 2. The Balaban J connectivity index is 1.50. The van der Waals surface area contributed by atoms with E-state index in [9.17, 15) is 14.4 Å². The van der Waals surface area contributed by atoms with Crippen molar-refractivity contribution in [1.29, 1.82) is 0 Å². The van der Waals surface area contributed by atoms with Gasteiger partial charge in [-0.1, -0.05) is 0 Å². The number of furan rings is 1. The van der Waals surface area contributed by atoms with Gasteiger partial charge in [-0.05, 0) is 30.3 Å². The normalized spacial score (nSPS) is 14.7. The van der Waals surface area contributed by atoms with Gasteiger partial charge in [0, 0.05) is 45.8 Å². The lowest BCUT2D eigenvalue weighted by Crippen LogP contribution is -2.50. The first kappa shape index (κ1) is 17.1. The quantitative estimate of drug-likeness (QED) is 0.678. The van der Waals surface area contributed by atoms with Crippen molar-refractivity contribution in [2.45, 2.75) is 0 Å². The second-order valence-corrected chi connectivity index (χ2v) is 6.67. The number of nitrogens with zero attached hydrogens (tertiary/aromatic N) is 4. The van der Waals surface area contributed by atoms with Gasteiger partial charge in [0.25, 0.3) is 11.8 Å². The minimum atomic E-state index is -0.159. The number of aromatic nitrogens is 2. The number of rotatable bonds is 2. The third-order valence-electron chi connectivity index (χ3n) is 5.10. The van der Waals surface area contributed by atoms with Crippen LogP contribution < -0.4 is 5.69 Å². The minimum Gasteiger partial charge on any atom is -0.459 e. The molecule has 1 aliphatic heterocycles. The van der Waals surface area contributed by atoms with E-state index in [0.717, 1.165) is 11.0 Å². The van der Waals surface area contributed by atoms with Gasteiger partial charge < -0.3 is 14.2 Å². The summed E-state index contributed by atoms with van der Waals surface area (Å²) in [6.07, 6.45) is 1.47. The number of piperazine rings is 1. The SMILES string of the molecule is Cn1c(=O)n(C)c2cc(C(=O)N3CCN(C(=O)c4ccco4)CC3)ccc21. The summed E-state index contributed by atoms with van der Waals surface area (Å²) in [5.74, 6) is 0.0522. The van der Waals surface area contributed by atoms with Crippen molar-refractivity contribution in [3.05, 3.63) is 58.4 Å². The smallest absolute Gasteiger partial charge is 0.328 e. The molecule has 2 aromatic heterocycles. The van der Waals surface area contributed by atoms with E-state index in [4.69, 9.17) is 4.42 Å². The van der Waals surface area contributed by atoms with E-state index >= 15 is 0 Å². The number of hydrogen-bond acceptors (Lipinski definition) is 4. The molecule has 1 aromatic carbocycles. The van der Waals surface area contributed by atoms with Crippen LogP contribution in [0.15, 0.2) is 45.8 Å². The Kier molecular flexibility index (Phi) is 4.10. The van der Waals surface area contributed by atoms with Crippen LogP contribution in [0.1, 0.15) is 20.9 Å². The number of fused-ring (bicyclic) bond motifs is 1. The van der Waals surface area contributed by atoms with Gasteiger partial charge in [0.2, 0.25) is 0 Å². The van der Waals surface area contributed by atoms with Crippen molar-refractivity contribution in [1.82, 2.24) is 18.9 Å². The largest absolute Gasteiger partial charge is 0.459 e. The molecule has 1 saturated heterocycles. The molecule has 1 aliphatic rings. The Morgan fingerprint density at radius 2 is 1.52 bits per heavy atom. The van der Waals surface area contributed by atoms with E-state index in [0.29, 0.717) is 37.5 Å². The van der Waals surface area contributed by atoms with Crippen LogP contribution in [0.4, 0.5) is 0 Å². The van der Waals surface area contributed by atoms with E-state index in [1.54, 1.807) is 58.8 Å². The monoisotopic (exact) mass is 368 g/mol. The van der Waals surface area contributed by atoms with Crippen molar-refractivity contribution in [2.24, 2.45) is 14.1 Å². The molecule has 2 amide bonds. The molecule has 1 fully saturated rings. The highest BCUT2D eigenvalue weighted by atomic mass is 16.3. The molecule has 0 bridgehead atoms. The number of benzene rings is 1. The topological polar surface area (TPSA) is 80.7 Å². The predicted octanol–water partition coefficient (Wildman–Crippen LogP) is 1.07. The summed E-state index contributed by atoms with van der Waals surface area (Å²) in [6, 6.07) is 8.60. The molecule has 0 saturated carbocycles. The molecule has 3 heterocycles. The summed E-state index contributed by atoms with van der Waals surface area (Å²) in [5, 5.41) is 0. The average molecular weight is 368 g/mol.